The van der Waals surface area contributed by atoms with E-state index in [1.54, 1.807) is 37.9 Å². The van der Waals surface area contributed by atoms with Gasteiger partial charge in [-0.1, -0.05) is 25.1 Å². The molecule has 5 nitrogen and oxygen atoms in total. The van der Waals surface area contributed by atoms with E-state index in [0.29, 0.717) is 30.8 Å². The van der Waals surface area contributed by atoms with Gasteiger partial charge in [-0.25, -0.2) is 0 Å². The number of unbranched alkanes of at least 4 members (excludes halogenated alkanes) is 1. The van der Waals surface area contributed by atoms with Gasteiger partial charge in [0.15, 0.2) is 0 Å². The largest absolute Gasteiger partial charge is 0.416 e. The minimum atomic E-state index is -5.09. The van der Waals surface area contributed by atoms with Gasteiger partial charge < -0.3 is 15.1 Å². The lowest BCUT2D eigenvalue weighted by atomic mass is 9.77. The summed E-state index contributed by atoms with van der Waals surface area (Å²) in [7, 11) is 1.66. The number of amides is 2. The Hall–Kier alpha value is -3.15. The van der Waals surface area contributed by atoms with Gasteiger partial charge in [0.1, 0.15) is 0 Å². The lowest BCUT2D eigenvalue weighted by Crippen LogP contribution is -2.50. The van der Waals surface area contributed by atoms with Crippen molar-refractivity contribution in [3.63, 3.8) is 0 Å². The van der Waals surface area contributed by atoms with Gasteiger partial charge >= 0.3 is 12.4 Å². The summed E-state index contributed by atoms with van der Waals surface area (Å²) in [6, 6.07) is 6.26. The predicted octanol–water partition coefficient (Wildman–Crippen LogP) is 6.63. The van der Waals surface area contributed by atoms with Crippen molar-refractivity contribution in [2.45, 2.75) is 46.0 Å². The third-order valence-corrected chi connectivity index (χ3v) is 7.39. The molecule has 1 saturated heterocycles. The number of carbonyl (C=O) groups is 2. The number of alkyl halides is 7. The van der Waals surface area contributed by atoms with Crippen molar-refractivity contribution >= 4 is 23.2 Å². The van der Waals surface area contributed by atoms with Gasteiger partial charge in [-0.15, -0.1) is 0 Å². The first-order chi connectivity index (χ1) is 18.5. The van der Waals surface area contributed by atoms with Crippen LogP contribution in [0.25, 0.3) is 0 Å². The fraction of sp³-hybridized carbons (Fsp3) is 0.500. The molecule has 0 spiro atoms. The first kappa shape index (κ1) is 31.4. The lowest BCUT2D eigenvalue weighted by Gasteiger charge is -2.35. The van der Waals surface area contributed by atoms with Gasteiger partial charge in [-0.05, 0) is 69.6 Å². The molecule has 0 bridgehead atoms. The molecule has 0 unspecified atom stereocenters. The van der Waals surface area contributed by atoms with Crippen molar-refractivity contribution in [2.75, 3.05) is 43.6 Å². The Bertz CT molecular complexity index is 1190. The molecule has 40 heavy (non-hydrogen) atoms. The van der Waals surface area contributed by atoms with E-state index < -0.39 is 59.0 Å². The molecular weight excluding hydrogens is 543 g/mol. The minimum Gasteiger partial charge on any atom is -0.325 e. The monoisotopic (exact) mass is 575 g/mol. The number of nitrogens with zero attached hydrogens (tertiary/aromatic N) is 2. The zero-order valence-electron chi connectivity index (χ0n) is 22.6. The summed E-state index contributed by atoms with van der Waals surface area (Å²) in [4.78, 5) is 30.6. The number of carbonyl (C=O) groups excluding carboxylic acids is 2. The average Bonchev–Trinajstić information content (AvgIpc) is 3.09. The number of halogens is 7. The maximum atomic E-state index is 13.9. The molecule has 0 saturated carbocycles. The van der Waals surface area contributed by atoms with Crippen molar-refractivity contribution in [1.29, 1.82) is 0 Å². The van der Waals surface area contributed by atoms with Crippen LogP contribution in [-0.2, 0) is 21.9 Å². The normalized spacial score (nSPS) is 19.9. The highest BCUT2D eigenvalue weighted by Gasteiger charge is 2.56. The average molecular weight is 576 g/mol. The molecule has 12 heteroatoms. The Morgan fingerprint density at radius 3 is 2.08 bits per heavy atom. The number of hydrogen-bond donors (Lipinski definition) is 1. The minimum absolute atomic E-state index is 0.0194. The summed E-state index contributed by atoms with van der Waals surface area (Å²) in [5.41, 5.74) is -3.24. The van der Waals surface area contributed by atoms with Crippen LogP contribution in [0.2, 0.25) is 0 Å². The molecule has 2 aromatic carbocycles. The maximum absolute atomic E-state index is 13.9. The molecule has 220 valence electrons. The molecule has 1 fully saturated rings. The van der Waals surface area contributed by atoms with Crippen LogP contribution in [0.3, 0.4) is 0 Å². The molecule has 1 aliphatic heterocycles. The van der Waals surface area contributed by atoms with Gasteiger partial charge in [0, 0.05) is 24.5 Å². The Labute approximate surface area is 228 Å². The Morgan fingerprint density at radius 1 is 1.02 bits per heavy atom. The second kappa shape index (κ2) is 11.8. The molecule has 1 N–H and O–H groups in total. The number of para-hydroxylation sites is 1. The second-order valence-corrected chi connectivity index (χ2v) is 10.4. The first-order valence-electron chi connectivity index (χ1n) is 12.7. The summed E-state index contributed by atoms with van der Waals surface area (Å²) in [5.74, 6) is -2.25. The summed E-state index contributed by atoms with van der Waals surface area (Å²) in [6.45, 7) is 4.76. The Balaban J connectivity index is 2.07. The summed E-state index contributed by atoms with van der Waals surface area (Å²) in [6.07, 6.45) is -9.46. The zero-order valence-corrected chi connectivity index (χ0v) is 22.6. The maximum Gasteiger partial charge on any atom is 0.416 e. The van der Waals surface area contributed by atoms with Crippen molar-refractivity contribution < 1.29 is 40.3 Å². The van der Waals surface area contributed by atoms with Gasteiger partial charge in [0.2, 0.25) is 11.8 Å². The third kappa shape index (κ3) is 6.59. The van der Waals surface area contributed by atoms with E-state index >= 15 is 0 Å². The van der Waals surface area contributed by atoms with Crippen molar-refractivity contribution in [2.24, 2.45) is 11.3 Å². The quantitative estimate of drug-likeness (QED) is 0.270. The number of hydrogen-bond acceptors (Lipinski definition) is 3. The standard InChI is InChI=1S/C28H32F7N3O2/c1-17-8-7-9-18(2)23(17)38-16-26(19(3)24(38)39,15-37(4)11-6-5-10-29)25(40)36-22-13-20(27(30,31)32)12-21(14-22)28(33,34)35/h7-9,12-14,19H,5-6,10-11,15-16H2,1-4H3,(H,36,40)/t19-,26-/m1/s1. The molecule has 0 aromatic heterocycles. The molecule has 2 atom stereocenters. The van der Waals surface area contributed by atoms with Crippen molar-refractivity contribution in [3.05, 3.63) is 58.7 Å². The van der Waals surface area contributed by atoms with E-state index in [4.69, 9.17) is 0 Å². The zero-order chi connectivity index (χ0) is 30.0. The topological polar surface area (TPSA) is 52.6 Å². The van der Waals surface area contributed by atoms with Crippen LogP contribution >= 0.6 is 0 Å². The van der Waals surface area contributed by atoms with E-state index in [1.165, 1.54) is 11.8 Å². The molecule has 2 aromatic rings. The van der Waals surface area contributed by atoms with Gasteiger partial charge in [0.05, 0.1) is 29.1 Å². The Morgan fingerprint density at radius 2 is 1.57 bits per heavy atom. The van der Waals surface area contributed by atoms with Crippen LogP contribution in [0.15, 0.2) is 36.4 Å². The SMILES string of the molecule is Cc1cccc(C)c1N1C[C@@](CN(C)CCCCF)(C(=O)Nc2cc(C(F)(F)F)cc(C(F)(F)F)c2)[C@H](C)C1=O. The molecule has 1 aliphatic rings. The van der Waals surface area contributed by atoms with Crippen molar-refractivity contribution in [3.8, 4) is 0 Å². The number of rotatable bonds is 9. The summed E-state index contributed by atoms with van der Waals surface area (Å²) >= 11 is 0. The van der Waals surface area contributed by atoms with Crippen LogP contribution in [0.5, 0.6) is 0 Å². The van der Waals surface area contributed by atoms with Crippen LogP contribution in [0, 0.1) is 25.2 Å². The van der Waals surface area contributed by atoms with Gasteiger partial charge in [-0.2, -0.15) is 26.3 Å². The van der Waals surface area contributed by atoms with E-state index in [-0.39, 0.29) is 25.6 Å². The second-order valence-electron chi connectivity index (χ2n) is 10.4. The highest BCUT2D eigenvalue weighted by Crippen LogP contribution is 2.44. The summed E-state index contributed by atoms with van der Waals surface area (Å²) in [5, 5.41) is 2.27. The van der Waals surface area contributed by atoms with E-state index in [2.05, 4.69) is 5.32 Å². The number of anilines is 2. The van der Waals surface area contributed by atoms with Crippen LogP contribution in [0.1, 0.15) is 42.0 Å². The van der Waals surface area contributed by atoms with Crippen LogP contribution in [0.4, 0.5) is 42.1 Å². The molecule has 0 radical (unpaired) electrons. The highest BCUT2D eigenvalue weighted by atomic mass is 19.4. The van der Waals surface area contributed by atoms with Crippen molar-refractivity contribution in [1.82, 2.24) is 4.90 Å². The molecule has 1 heterocycles. The smallest absolute Gasteiger partial charge is 0.325 e. The molecular formula is C28H32F7N3O2. The van der Waals surface area contributed by atoms with Gasteiger partial charge in [0.25, 0.3) is 0 Å². The van der Waals surface area contributed by atoms with Crippen LogP contribution < -0.4 is 10.2 Å². The Kier molecular flexibility index (Phi) is 9.22. The van der Waals surface area contributed by atoms with E-state index in [1.807, 2.05) is 6.07 Å². The van der Waals surface area contributed by atoms with Crippen LogP contribution in [-0.4, -0.2) is 50.1 Å². The lowest BCUT2D eigenvalue weighted by molar-refractivity contribution is -0.143. The number of benzene rings is 2. The fourth-order valence-electron chi connectivity index (χ4n) is 5.23. The molecule has 3 rings (SSSR count). The molecule has 0 aliphatic carbocycles. The van der Waals surface area contributed by atoms with Gasteiger partial charge in [-0.3, -0.25) is 14.0 Å². The first-order valence-corrected chi connectivity index (χ1v) is 12.7. The number of nitrogens with one attached hydrogen (secondary N) is 1. The third-order valence-electron chi connectivity index (χ3n) is 7.39. The van der Waals surface area contributed by atoms with E-state index in [9.17, 15) is 40.3 Å². The number of aryl methyl sites for hydroxylation is 2. The predicted molar refractivity (Wildman–Crippen MR) is 138 cm³/mol. The molecule has 2 amide bonds. The van der Waals surface area contributed by atoms with E-state index in [0.717, 1.165) is 11.1 Å². The fourth-order valence-corrected chi connectivity index (χ4v) is 5.23. The highest BCUT2D eigenvalue weighted by molar-refractivity contribution is 6.08. The summed E-state index contributed by atoms with van der Waals surface area (Å²) < 4.78 is 93.3.